The molecule has 1 aliphatic heterocycles. The number of benzene rings is 2. The molecular weight excluding hydrogens is 432 g/mol. The minimum absolute atomic E-state index is 0.00346. The highest BCUT2D eigenvalue weighted by atomic mass is 16.6. The lowest BCUT2D eigenvalue weighted by molar-refractivity contribution is -0.176. The molecule has 0 radical (unpaired) electrons. The molecule has 0 saturated carbocycles. The summed E-state index contributed by atoms with van der Waals surface area (Å²) < 4.78 is 26.6. The summed E-state index contributed by atoms with van der Waals surface area (Å²) in [6.07, 6.45) is 0. The zero-order chi connectivity index (χ0) is 24.2. The van der Waals surface area contributed by atoms with Crippen molar-refractivity contribution in [3.8, 4) is 17.2 Å². The number of ketones is 2. The van der Waals surface area contributed by atoms with Gasteiger partial charge in [-0.2, -0.15) is 0 Å². The maximum absolute atomic E-state index is 13.9. The number of methoxy groups -OCH3 is 2. The number of carbonyl (C=O) groups excluding carboxylic acids is 4. The van der Waals surface area contributed by atoms with E-state index in [-0.39, 0.29) is 41.6 Å². The Hall–Kier alpha value is -3.88. The van der Waals surface area contributed by atoms with Crippen LogP contribution in [0.15, 0.2) is 42.5 Å². The number of hydrogen-bond acceptors (Lipinski definition) is 9. The van der Waals surface area contributed by atoms with Crippen molar-refractivity contribution in [3.05, 3.63) is 53.6 Å². The SMILES string of the molecule is CCOC(=O)C(=O)[C@]1(C(=O)OCC)Oc2cc(OC)cc(OC)c2C(=O)[C@@H]1c1ccccc1. The van der Waals surface area contributed by atoms with Crippen molar-refractivity contribution in [2.45, 2.75) is 25.4 Å². The Balaban J connectivity index is 2.37. The molecule has 0 bridgehead atoms. The van der Waals surface area contributed by atoms with Gasteiger partial charge in [-0.05, 0) is 19.4 Å². The highest BCUT2D eigenvalue weighted by Gasteiger charge is 2.65. The second-order valence-corrected chi connectivity index (χ2v) is 7.02. The first-order chi connectivity index (χ1) is 15.8. The highest BCUT2D eigenvalue weighted by Crippen LogP contribution is 2.48. The van der Waals surface area contributed by atoms with Gasteiger partial charge in [-0.25, -0.2) is 9.59 Å². The van der Waals surface area contributed by atoms with Crippen LogP contribution in [-0.2, 0) is 23.9 Å². The van der Waals surface area contributed by atoms with Crippen LogP contribution >= 0.6 is 0 Å². The van der Waals surface area contributed by atoms with Crippen LogP contribution in [-0.4, -0.2) is 56.5 Å². The van der Waals surface area contributed by atoms with Crippen LogP contribution in [0, 0.1) is 0 Å². The lowest BCUT2D eigenvalue weighted by Crippen LogP contribution is -2.63. The van der Waals surface area contributed by atoms with Crippen molar-refractivity contribution in [2.24, 2.45) is 0 Å². The molecular formula is C24H24O9. The highest BCUT2D eigenvalue weighted by molar-refractivity contribution is 6.43. The van der Waals surface area contributed by atoms with Gasteiger partial charge in [0.15, 0.2) is 5.78 Å². The zero-order valence-electron chi connectivity index (χ0n) is 18.7. The smallest absolute Gasteiger partial charge is 0.379 e. The van der Waals surface area contributed by atoms with E-state index in [0.29, 0.717) is 0 Å². The molecule has 0 aliphatic carbocycles. The van der Waals surface area contributed by atoms with Crippen molar-refractivity contribution >= 4 is 23.5 Å². The molecule has 2 aromatic carbocycles. The van der Waals surface area contributed by atoms with Crippen LogP contribution in [0.25, 0.3) is 0 Å². The number of fused-ring (bicyclic) bond motifs is 1. The Kier molecular flexibility index (Phi) is 7.01. The van der Waals surface area contributed by atoms with Crippen molar-refractivity contribution in [2.75, 3.05) is 27.4 Å². The zero-order valence-corrected chi connectivity index (χ0v) is 18.7. The van der Waals surface area contributed by atoms with E-state index in [4.69, 9.17) is 23.7 Å². The van der Waals surface area contributed by atoms with Crippen molar-refractivity contribution < 1.29 is 42.9 Å². The third-order valence-corrected chi connectivity index (χ3v) is 5.19. The number of ether oxygens (including phenoxy) is 5. The summed E-state index contributed by atoms with van der Waals surface area (Å²) in [4.78, 5) is 53.3. The molecule has 1 heterocycles. The summed E-state index contributed by atoms with van der Waals surface area (Å²) in [5.41, 5.74) is -2.37. The van der Waals surface area contributed by atoms with Gasteiger partial charge in [0, 0.05) is 12.1 Å². The Morgan fingerprint density at radius 1 is 0.970 bits per heavy atom. The van der Waals surface area contributed by atoms with E-state index in [9.17, 15) is 19.2 Å². The van der Waals surface area contributed by atoms with Crippen molar-refractivity contribution in [1.82, 2.24) is 0 Å². The topological polar surface area (TPSA) is 114 Å². The monoisotopic (exact) mass is 456 g/mol. The molecule has 0 aromatic heterocycles. The standard InChI is InChI=1S/C24H24O9/c1-5-31-22(27)21(26)24(23(28)32-6-2)19(14-10-8-7-9-11-14)20(25)18-16(30-4)12-15(29-3)13-17(18)33-24/h7-13,19H,5-6H2,1-4H3/t19-,24+/m0/s1. The predicted molar refractivity (Wildman–Crippen MR) is 115 cm³/mol. The molecule has 2 atom stereocenters. The van der Waals surface area contributed by atoms with Crippen LogP contribution in [0.4, 0.5) is 0 Å². The molecule has 0 unspecified atom stereocenters. The summed E-state index contributed by atoms with van der Waals surface area (Å²) in [6, 6.07) is 10.9. The normalized spacial score (nSPS) is 19.0. The quantitative estimate of drug-likeness (QED) is 0.336. The summed E-state index contributed by atoms with van der Waals surface area (Å²) in [5, 5.41) is 0. The van der Waals surface area contributed by atoms with E-state index >= 15 is 0 Å². The third-order valence-electron chi connectivity index (χ3n) is 5.19. The number of hydrogen-bond donors (Lipinski definition) is 0. The Bertz CT molecular complexity index is 1080. The molecule has 9 heteroatoms. The third kappa shape index (κ3) is 4.02. The maximum Gasteiger partial charge on any atom is 0.379 e. The molecule has 0 N–H and O–H groups in total. The summed E-state index contributed by atoms with van der Waals surface area (Å²) in [5.74, 6) is -5.84. The second kappa shape index (κ2) is 9.72. The maximum atomic E-state index is 13.9. The van der Waals surface area contributed by atoms with E-state index < -0.39 is 35.0 Å². The minimum atomic E-state index is -2.65. The molecule has 33 heavy (non-hydrogen) atoms. The fourth-order valence-electron chi connectivity index (χ4n) is 3.78. The predicted octanol–water partition coefficient (Wildman–Crippen LogP) is 2.50. The van der Waals surface area contributed by atoms with E-state index in [0.717, 1.165) is 0 Å². The first kappa shape index (κ1) is 23.8. The Morgan fingerprint density at radius 3 is 2.21 bits per heavy atom. The number of esters is 2. The molecule has 0 saturated heterocycles. The van der Waals surface area contributed by atoms with Gasteiger partial charge in [0.1, 0.15) is 28.7 Å². The second-order valence-electron chi connectivity index (χ2n) is 7.02. The molecule has 1 aliphatic rings. The fraction of sp³-hybridized carbons (Fsp3) is 0.333. The van der Waals surface area contributed by atoms with E-state index in [1.807, 2.05) is 0 Å². The summed E-state index contributed by atoms with van der Waals surface area (Å²) >= 11 is 0. The van der Waals surface area contributed by atoms with Gasteiger partial charge in [0.2, 0.25) is 0 Å². The molecule has 3 rings (SSSR count). The first-order valence-corrected chi connectivity index (χ1v) is 10.3. The van der Waals surface area contributed by atoms with Crippen LogP contribution in [0.3, 0.4) is 0 Å². The summed E-state index contributed by atoms with van der Waals surface area (Å²) in [6.45, 7) is 2.80. The molecule has 0 amide bonds. The van der Waals surface area contributed by atoms with Gasteiger partial charge in [-0.3, -0.25) is 9.59 Å². The Morgan fingerprint density at radius 2 is 1.64 bits per heavy atom. The lowest BCUT2D eigenvalue weighted by atomic mass is 9.72. The minimum Gasteiger partial charge on any atom is -0.496 e. The Labute approximate surface area is 190 Å². The van der Waals surface area contributed by atoms with Crippen LogP contribution in [0.2, 0.25) is 0 Å². The molecule has 0 fully saturated rings. The molecule has 9 nitrogen and oxygen atoms in total. The van der Waals surface area contributed by atoms with Gasteiger partial charge in [-0.15, -0.1) is 0 Å². The molecule has 2 aromatic rings. The first-order valence-electron chi connectivity index (χ1n) is 10.3. The molecule has 0 spiro atoms. The van der Waals surface area contributed by atoms with Crippen LogP contribution in [0.5, 0.6) is 17.2 Å². The van der Waals surface area contributed by atoms with Gasteiger partial charge in [0.05, 0.1) is 27.4 Å². The number of Topliss-reactive ketones (excluding diaryl/α,β-unsaturated/α-hetero) is 2. The van der Waals surface area contributed by atoms with Gasteiger partial charge < -0.3 is 23.7 Å². The largest absolute Gasteiger partial charge is 0.496 e. The van der Waals surface area contributed by atoms with E-state index in [1.54, 1.807) is 30.3 Å². The van der Waals surface area contributed by atoms with Gasteiger partial charge in [-0.1, -0.05) is 30.3 Å². The van der Waals surface area contributed by atoms with Crippen LogP contribution < -0.4 is 14.2 Å². The van der Waals surface area contributed by atoms with Crippen LogP contribution in [0.1, 0.15) is 35.7 Å². The summed E-state index contributed by atoms with van der Waals surface area (Å²) in [7, 11) is 2.75. The van der Waals surface area contributed by atoms with E-state index in [2.05, 4.69) is 0 Å². The number of carbonyl (C=O) groups is 4. The average Bonchev–Trinajstić information content (AvgIpc) is 2.83. The van der Waals surface area contributed by atoms with Gasteiger partial charge in [0.25, 0.3) is 11.4 Å². The van der Waals surface area contributed by atoms with E-state index in [1.165, 1.54) is 40.2 Å². The molecule has 174 valence electrons. The lowest BCUT2D eigenvalue weighted by Gasteiger charge is -2.40. The van der Waals surface area contributed by atoms with Crippen molar-refractivity contribution in [3.63, 3.8) is 0 Å². The average molecular weight is 456 g/mol. The van der Waals surface area contributed by atoms with Gasteiger partial charge >= 0.3 is 11.9 Å². The fourth-order valence-corrected chi connectivity index (χ4v) is 3.78. The van der Waals surface area contributed by atoms with Crippen molar-refractivity contribution in [1.29, 1.82) is 0 Å². The number of rotatable bonds is 8.